The van der Waals surface area contributed by atoms with Crippen LogP contribution in [0.5, 0.6) is 0 Å². The first-order valence-corrected chi connectivity index (χ1v) is 6.13. The monoisotopic (exact) mass is 254 g/mol. The summed E-state index contributed by atoms with van der Waals surface area (Å²) in [6, 6.07) is 5.95. The number of aliphatic hydroxyl groups is 1. The van der Waals surface area contributed by atoms with Crippen molar-refractivity contribution in [1.82, 2.24) is 19.5 Å². The molecule has 96 valence electrons. The van der Waals surface area contributed by atoms with Gasteiger partial charge in [0, 0.05) is 30.2 Å². The van der Waals surface area contributed by atoms with Gasteiger partial charge in [-0.3, -0.25) is 4.98 Å². The standard InChI is InChI=1S/C14H14N4O/c1-10-12(11-2-4-15-5-3-11)8-13-14(17-10)18(6-7-19)9-16-13/h2-5,8-9,19H,6-7H2,1H3. The first-order valence-electron chi connectivity index (χ1n) is 6.13. The van der Waals surface area contributed by atoms with Gasteiger partial charge in [-0.2, -0.15) is 0 Å². The highest BCUT2D eigenvalue weighted by Gasteiger charge is 2.09. The molecule has 3 aromatic rings. The molecule has 0 amide bonds. The summed E-state index contributed by atoms with van der Waals surface area (Å²) in [4.78, 5) is 13.0. The lowest BCUT2D eigenvalue weighted by molar-refractivity contribution is 0.277. The number of pyridine rings is 2. The smallest absolute Gasteiger partial charge is 0.160 e. The van der Waals surface area contributed by atoms with E-state index in [0.717, 1.165) is 28.0 Å². The van der Waals surface area contributed by atoms with E-state index in [-0.39, 0.29) is 6.61 Å². The molecule has 0 bridgehead atoms. The lowest BCUT2D eigenvalue weighted by Gasteiger charge is -2.06. The average molecular weight is 254 g/mol. The molecule has 0 saturated carbocycles. The fourth-order valence-corrected chi connectivity index (χ4v) is 2.17. The molecule has 0 aliphatic carbocycles. The van der Waals surface area contributed by atoms with Crippen molar-refractivity contribution in [2.75, 3.05) is 6.61 Å². The molecule has 0 unspecified atom stereocenters. The zero-order chi connectivity index (χ0) is 13.2. The highest BCUT2D eigenvalue weighted by Crippen LogP contribution is 2.25. The van der Waals surface area contributed by atoms with Gasteiger partial charge in [-0.1, -0.05) is 0 Å². The van der Waals surface area contributed by atoms with E-state index in [1.807, 2.05) is 29.7 Å². The van der Waals surface area contributed by atoms with E-state index in [2.05, 4.69) is 15.0 Å². The lowest BCUT2D eigenvalue weighted by atomic mass is 10.1. The van der Waals surface area contributed by atoms with E-state index in [1.165, 1.54) is 0 Å². The number of aliphatic hydroxyl groups excluding tert-OH is 1. The molecule has 0 saturated heterocycles. The number of hydrogen-bond donors (Lipinski definition) is 1. The van der Waals surface area contributed by atoms with Gasteiger partial charge in [0.25, 0.3) is 0 Å². The number of hydrogen-bond acceptors (Lipinski definition) is 4. The van der Waals surface area contributed by atoms with E-state index in [1.54, 1.807) is 18.7 Å². The Morgan fingerprint density at radius 1 is 1.26 bits per heavy atom. The SMILES string of the molecule is Cc1nc2c(cc1-c1ccncc1)ncn2CCO. The van der Waals surface area contributed by atoms with Crippen LogP contribution in [0.15, 0.2) is 36.9 Å². The predicted octanol–water partition coefficient (Wildman–Crippen LogP) is 1.79. The van der Waals surface area contributed by atoms with Gasteiger partial charge < -0.3 is 9.67 Å². The van der Waals surface area contributed by atoms with E-state index in [9.17, 15) is 0 Å². The fourth-order valence-electron chi connectivity index (χ4n) is 2.17. The Kier molecular flexibility index (Phi) is 2.97. The summed E-state index contributed by atoms with van der Waals surface area (Å²) < 4.78 is 1.86. The van der Waals surface area contributed by atoms with Crippen molar-refractivity contribution in [3.8, 4) is 11.1 Å². The Bertz CT molecular complexity index is 706. The van der Waals surface area contributed by atoms with Crippen molar-refractivity contribution in [3.63, 3.8) is 0 Å². The largest absolute Gasteiger partial charge is 0.395 e. The normalized spacial score (nSPS) is 11.1. The van der Waals surface area contributed by atoms with Gasteiger partial charge in [0.05, 0.1) is 12.9 Å². The molecule has 1 N–H and O–H groups in total. The maximum atomic E-state index is 9.02. The number of aromatic nitrogens is 4. The molecule has 0 radical (unpaired) electrons. The zero-order valence-electron chi connectivity index (χ0n) is 10.6. The zero-order valence-corrected chi connectivity index (χ0v) is 10.6. The Morgan fingerprint density at radius 2 is 2.05 bits per heavy atom. The minimum atomic E-state index is 0.0816. The van der Waals surface area contributed by atoms with Crippen molar-refractivity contribution >= 4 is 11.2 Å². The van der Waals surface area contributed by atoms with Crippen LogP contribution >= 0.6 is 0 Å². The number of rotatable bonds is 3. The molecule has 0 aliphatic rings. The van der Waals surface area contributed by atoms with Crippen LogP contribution in [0.25, 0.3) is 22.3 Å². The first-order chi connectivity index (χ1) is 9.29. The molecule has 5 heteroatoms. The molecule has 3 aromatic heterocycles. The van der Waals surface area contributed by atoms with Crippen LogP contribution < -0.4 is 0 Å². The Hall–Kier alpha value is -2.27. The maximum Gasteiger partial charge on any atom is 0.160 e. The summed E-state index contributed by atoms with van der Waals surface area (Å²) in [7, 11) is 0. The molecule has 0 atom stereocenters. The Labute approximate surface area is 110 Å². The third-order valence-corrected chi connectivity index (χ3v) is 3.11. The van der Waals surface area contributed by atoms with Crippen molar-refractivity contribution in [2.45, 2.75) is 13.5 Å². The molecule has 5 nitrogen and oxygen atoms in total. The van der Waals surface area contributed by atoms with E-state index < -0.39 is 0 Å². The minimum Gasteiger partial charge on any atom is -0.395 e. The van der Waals surface area contributed by atoms with E-state index in [4.69, 9.17) is 5.11 Å². The summed E-state index contributed by atoms with van der Waals surface area (Å²) in [6.07, 6.45) is 5.25. The summed E-state index contributed by atoms with van der Waals surface area (Å²) >= 11 is 0. The summed E-state index contributed by atoms with van der Waals surface area (Å²) in [5, 5.41) is 9.02. The molecule has 0 fully saturated rings. The van der Waals surface area contributed by atoms with Crippen LogP contribution in [-0.2, 0) is 6.54 Å². The average Bonchev–Trinajstić information content (AvgIpc) is 2.82. The molecule has 0 aromatic carbocycles. The number of fused-ring (bicyclic) bond motifs is 1. The van der Waals surface area contributed by atoms with Crippen molar-refractivity contribution in [3.05, 3.63) is 42.6 Å². The van der Waals surface area contributed by atoms with Gasteiger partial charge in [-0.25, -0.2) is 9.97 Å². The first kappa shape index (κ1) is 11.8. The van der Waals surface area contributed by atoms with Crippen LogP contribution in [0, 0.1) is 6.92 Å². The summed E-state index contributed by atoms with van der Waals surface area (Å²) in [5.41, 5.74) is 4.73. The topological polar surface area (TPSA) is 63.8 Å². The van der Waals surface area contributed by atoms with Crippen LogP contribution in [0.3, 0.4) is 0 Å². The quantitative estimate of drug-likeness (QED) is 0.774. The van der Waals surface area contributed by atoms with Gasteiger partial charge >= 0.3 is 0 Å². The van der Waals surface area contributed by atoms with Gasteiger partial charge in [0.15, 0.2) is 5.65 Å². The van der Waals surface area contributed by atoms with Gasteiger partial charge in [-0.05, 0) is 30.7 Å². The summed E-state index contributed by atoms with van der Waals surface area (Å²) in [6.45, 7) is 2.57. The second-order valence-corrected chi connectivity index (χ2v) is 4.36. The highest BCUT2D eigenvalue weighted by molar-refractivity contribution is 5.79. The number of imidazole rings is 1. The number of aryl methyl sites for hydroxylation is 1. The fraction of sp³-hybridized carbons (Fsp3) is 0.214. The lowest BCUT2D eigenvalue weighted by Crippen LogP contribution is -2.02. The third-order valence-electron chi connectivity index (χ3n) is 3.11. The van der Waals surface area contributed by atoms with Crippen molar-refractivity contribution in [2.24, 2.45) is 0 Å². The molecule has 3 rings (SSSR count). The van der Waals surface area contributed by atoms with Crippen LogP contribution in [0.1, 0.15) is 5.69 Å². The molecular weight excluding hydrogens is 240 g/mol. The summed E-state index contributed by atoms with van der Waals surface area (Å²) in [5.74, 6) is 0. The van der Waals surface area contributed by atoms with Crippen molar-refractivity contribution in [1.29, 1.82) is 0 Å². The van der Waals surface area contributed by atoms with E-state index >= 15 is 0 Å². The van der Waals surface area contributed by atoms with Gasteiger partial charge in [-0.15, -0.1) is 0 Å². The van der Waals surface area contributed by atoms with E-state index in [0.29, 0.717) is 6.54 Å². The second-order valence-electron chi connectivity index (χ2n) is 4.36. The van der Waals surface area contributed by atoms with Crippen LogP contribution in [0.4, 0.5) is 0 Å². The molecule has 3 heterocycles. The maximum absolute atomic E-state index is 9.02. The molecule has 0 aliphatic heterocycles. The Morgan fingerprint density at radius 3 is 2.79 bits per heavy atom. The predicted molar refractivity (Wildman–Crippen MR) is 72.6 cm³/mol. The Balaban J connectivity index is 2.16. The molecule has 0 spiro atoms. The highest BCUT2D eigenvalue weighted by atomic mass is 16.3. The van der Waals surface area contributed by atoms with Crippen LogP contribution in [0.2, 0.25) is 0 Å². The van der Waals surface area contributed by atoms with Crippen LogP contribution in [-0.4, -0.2) is 31.2 Å². The third kappa shape index (κ3) is 2.08. The van der Waals surface area contributed by atoms with Gasteiger partial charge in [0.1, 0.15) is 5.52 Å². The number of nitrogens with zero attached hydrogens (tertiary/aromatic N) is 4. The second kappa shape index (κ2) is 4.78. The van der Waals surface area contributed by atoms with Crippen molar-refractivity contribution < 1.29 is 5.11 Å². The molecule has 19 heavy (non-hydrogen) atoms. The molecular formula is C14H14N4O. The minimum absolute atomic E-state index is 0.0816. The van der Waals surface area contributed by atoms with Gasteiger partial charge in [0.2, 0.25) is 0 Å².